The van der Waals surface area contributed by atoms with Crippen LogP contribution in [0.1, 0.15) is 5.56 Å². The van der Waals surface area contributed by atoms with E-state index in [0.29, 0.717) is 23.1 Å². The first-order valence-corrected chi connectivity index (χ1v) is 10.0. The molecule has 0 aliphatic heterocycles. The van der Waals surface area contributed by atoms with Crippen LogP contribution in [0.4, 0.5) is 19.0 Å². The van der Waals surface area contributed by atoms with E-state index in [9.17, 15) is 21.6 Å². The van der Waals surface area contributed by atoms with Crippen LogP contribution in [-0.2, 0) is 16.6 Å². The normalized spacial score (nSPS) is 11.2. The number of hydrogen-bond donors (Lipinski definition) is 0. The second kappa shape index (κ2) is 8.62. The second-order valence-corrected chi connectivity index (χ2v) is 7.90. The number of halogens is 3. The number of methoxy groups -OCH3 is 2. The number of rotatable bonds is 7. The zero-order valence-electron chi connectivity index (χ0n) is 16.0. The van der Waals surface area contributed by atoms with Crippen molar-refractivity contribution in [3.63, 3.8) is 0 Å². The number of sulfonamides is 1. The molecule has 0 aliphatic rings. The van der Waals surface area contributed by atoms with Crippen LogP contribution in [-0.4, -0.2) is 27.6 Å². The lowest BCUT2D eigenvalue weighted by Crippen LogP contribution is -2.32. The smallest absolute Gasteiger partial charge is 0.268 e. The molecular formula is C20H17F3N2O4S. The molecule has 1 heterocycles. The van der Waals surface area contributed by atoms with Gasteiger partial charge in [-0.2, -0.15) is 0 Å². The van der Waals surface area contributed by atoms with E-state index in [2.05, 4.69) is 4.98 Å². The molecule has 0 spiro atoms. The van der Waals surface area contributed by atoms with Gasteiger partial charge in [0, 0.05) is 30.0 Å². The van der Waals surface area contributed by atoms with Gasteiger partial charge in [-0.15, -0.1) is 0 Å². The first-order valence-electron chi connectivity index (χ1n) is 8.57. The molecule has 0 bridgehead atoms. The van der Waals surface area contributed by atoms with Crippen LogP contribution in [0.3, 0.4) is 0 Å². The summed E-state index contributed by atoms with van der Waals surface area (Å²) in [6.45, 7) is -0.315. The Balaban J connectivity index is 2.14. The maximum atomic E-state index is 14.3. The molecule has 1 aromatic heterocycles. The van der Waals surface area contributed by atoms with E-state index >= 15 is 0 Å². The molecule has 0 saturated heterocycles. The predicted octanol–water partition coefficient (Wildman–Crippen LogP) is 3.91. The van der Waals surface area contributed by atoms with Gasteiger partial charge in [0.15, 0.2) is 11.6 Å². The van der Waals surface area contributed by atoms with Crippen LogP contribution < -0.4 is 13.8 Å². The summed E-state index contributed by atoms with van der Waals surface area (Å²) in [5.41, 5.74) is 0.413. The lowest BCUT2D eigenvalue weighted by atomic mass is 10.2. The van der Waals surface area contributed by atoms with Gasteiger partial charge in [0.05, 0.1) is 20.8 Å². The molecule has 10 heteroatoms. The van der Waals surface area contributed by atoms with E-state index in [1.165, 1.54) is 32.5 Å². The molecule has 6 nitrogen and oxygen atoms in total. The van der Waals surface area contributed by atoms with Crippen molar-refractivity contribution in [1.29, 1.82) is 0 Å². The second-order valence-electron chi connectivity index (χ2n) is 6.07. The minimum Gasteiger partial charge on any atom is -0.497 e. The topological polar surface area (TPSA) is 68.7 Å². The van der Waals surface area contributed by atoms with E-state index in [4.69, 9.17) is 9.47 Å². The summed E-state index contributed by atoms with van der Waals surface area (Å²) in [7, 11) is -1.80. The highest BCUT2D eigenvalue weighted by Gasteiger charge is 2.31. The number of nitrogens with zero attached hydrogens (tertiary/aromatic N) is 2. The standard InChI is InChI=1S/C20H17F3N2O4S/c1-28-14-7-6-13(18(9-14)29-2)12-25(20-5-3-4-8-24-20)30(26,27)19-11-16(22)15(21)10-17(19)23/h3-11H,12H2,1-2H3. The first-order chi connectivity index (χ1) is 14.3. The Morgan fingerprint density at radius 3 is 2.30 bits per heavy atom. The molecule has 0 saturated carbocycles. The Bertz CT molecular complexity index is 1160. The number of ether oxygens (including phenoxy) is 2. The Morgan fingerprint density at radius 2 is 1.67 bits per heavy atom. The minimum atomic E-state index is -4.66. The number of benzene rings is 2. The third-order valence-corrected chi connectivity index (χ3v) is 6.02. The van der Waals surface area contributed by atoms with Crippen molar-refractivity contribution < 1.29 is 31.1 Å². The lowest BCUT2D eigenvalue weighted by molar-refractivity contribution is 0.391. The quantitative estimate of drug-likeness (QED) is 0.523. The summed E-state index contributed by atoms with van der Waals surface area (Å²) in [4.78, 5) is 3.00. The Hall–Kier alpha value is -3.27. The molecule has 0 unspecified atom stereocenters. The van der Waals surface area contributed by atoms with Gasteiger partial charge in [0.2, 0.25) is 0 Å². The summed E-state index contributed by atoms with van der Waals surface area (Å²) in [6.07, 6.45) is 1.35. The highest BCUT2D eigenvalue weighted by atomic mass is 32.2. The van der Waals surface area contributed by atoms with E-state index in [1.54, 1.807) is 24.3 Å². The van der Waals surface area contributed by atoms with Crippen LogP contribution in [0.5, 0.6) is 11.5 Å². The molecule has 0 aliphatic carbocycles. The van der Waals surface area contributed by atoms with Crippen LogP contribution >= 0.6 is 0 Å². The van der Waals surface area contributed by atoms with Crippen LogP contribution in [0.25, 0.3) is 0 Å². The highest BCUT2D eigenvalue weighted by Crippen LogP contribution is 2.31. The van der Waals surface area contributed by atoms with E-state index in [-0.39, 0.29) is 18.4 Å². The molecule has 30 heavy (non-hydrogen) atoms. The summed E-state index contributed by atoms with van der Waals surface area (Å²) in [5.74, 6) is -3.65. The summed E-state index contributed by atoms with van der Waals surface area (Å²) < 4.78 is 79.0. The molecule has 2 aromatic carbocycles. The molecule has 158 valence electrons. The van der Waals surface area contributed by atoms with Crippen molar-refractivity contribution in [3.05, 3.63) is 77.7 Å². The minimum absolute atomic E-state index is 0.0421. The van der Waals surface area contributed by atoms with E-state index in [1.807, 2.05) is 0 Å². The molecule has 0 radical (unpaired) electrons. The number of hydrogen-bond acceptors (Lipinski definition) is 5. The SMILES string of the molecule is COc1ccc(CN(c2ccccn2)S(=O)(=O)c2cc(F)c(F)cc2F)c(OC)c1. The average Bonchev–Trinajstić information content (AvgIpc) is 2.74. The molecule has 0 fully saturated rings. The predicted molar refractivity (Wildman–Crippen MR) is 103 cm³/mol. The average molecular weight is 438 g/mol. The van der Waals surface area contributed by atoms with Gasteiger partial charge < -0.3 is 9.47 Å². The van der Waals surface area contributed by atoms with Crippen molar-refractivity contribution >= 4 is 15.8 Å². The van der Waals surface area contributed by atoms with Gasteiger partial charge in [-0.25, -0.2) is 30.9 Å². The zero-order chi connectivity index (χ0) is 21.9. The Morgan fingerprint density at radius 1 is 0.933 bits per heavy atom. The molecule has 0 atom stereocenters. The van der Waals surface area contributed by atoms with E-state index in [0.717, 1.165) is 4.31 Å². The molecule has 3 aromatic rings. The fourth-order valence-electron chi connectivity index (χ4n) is 2.75. The molecule has 0 N–H and O–H groups in total. The fourth-order valence-corrected chi connectivity index (χ4v) is 4.21. The first kappa shape index (κ1) is 21.4. The molecular weight excluding hydrogens is 421 g/mol. The summed E-state index contributed by atoms with van der Waals surface area (Å²) in [5, 5.41) is 0. The van der Waals surface area contributed by atoms with Gasteiger partial charge in [-0.1, -0.05) is 6.07 Å². The monoisotopic (exact) mass is 438 g/mol. The maximum Gasteiger partial charge on any atom is 0.268 e. The van der Waals surface area contributed by atoms with Crippen molar-refractivity contribution in [2.75, 3.05) is 18.5 Å². The zero-order valence-corrected chi connectivity index (χ0v) is 16.8. The van der Waals surface area contributed by atoms with Crippen molar-refractivity contribution in [2.45, 2.75) is 11.4 Å². The number of anilines is 1. The maximum absolute atomic E-state index is 14.3. The molecule has 0 amide bonds. The van der Waals surface area contributed by atoms with Crippen molar-refractivity contribution in [1.82, 2.24) is 4.98 Å². The van der Waals surface area contributed by atoms with Crippen LogP contribution in [0, 0.1) is 17.5 Å². The van der Waals surface area contributed by atoms with E-state index < -0.39 is 32.4 Å². The largest absolute Gasteiger partial charge is 0.497 e. The van der Waals surface area contributed by atoms with Gasteiger partial charge in [-0.05, 0) is 24.3 Å². The number of pyridine rings is 1. The Kier molecular flexibility index (Phi) is 6.16. The van der Waals surface area contributed by atoms with Gasteiger partial charge in [0.25, 0.3) is 10.0 Å². The van der Waals surface area contributed by atoms with Crippen LogP contribution in [0.15, 0.2) is 59.6 Å². The van der Waals surface area contributed by atoms with Gasteiger partial charge >= 0.3 is 0 Å². The third-order valence-electron chi connectivity index (χ3n) is 4.26. The molecule has 3 rings (SSSR count). The summed E-state index contributed by atoms with van der Waals surface area (Å²) in [6, 6.07) is 9.72. The fraction of sp³-hybridized carbons (Fsp3) is 0.150. The summed E-state index contributed by atoms with van der Waals surface area (Å²) >= 11 is 0. The Labute approximate surface area is 171 Å². The van der Waals surface area contributed by atoms with Crippen molar-refractivity contribution in [3.8, 4) is 11.5 Å². The van der Waals surface area contributed by atoms with Gasteiger partial charge in [-0.3, -0.25) is 0 Å². The van der Waals surface area contributed by atoms with Gasteiger partial charge in [0.1, 0.15) is 28.0 Å². The number of aromatic nitrogens is 1. The van der Waals surface area contributed by atoms with Crippen LogP contribution in [0.2, 0.25) is 0 Å². The lowest BCUT2D eigenvalue weighted by Gasteiger charge is -2.24. The third kappa shape index (κ3) is 4.18. The van der Waals surface area contributed by atoms with Crippen molar-refractivity contribution in [2.24, 2.45) is 0 Å². The highest BCUT2D eigenvalue weighted by molar-refractivity contribution is 7.92.